The maximum atomic E-state index is 5.75. The van der Waals surface area contributed by atoms with Crippen molar-refractivity contribution < 1.29 is 4.42 Å². The molecular formula is C25H26N2O. The average molecular weight is 370 g/mol. The van der Waals surface area contributed by atoms with E-state index in [2.05, 4.69) is 58.4 Å². The van der Waals surface area contributed by atoms with Crippen LogP contribution in [-0.4, -0.2) is 29.5 Å². The maximum absolute atomic E-state index is 5.75. The van der Waals surface area contributed by atoms with Crippen LogP contribution in [0.2, 0.25) is 0 Å². The van der Waals surface area contributed by atoms with E-state index in [9.17, 15) is 0 Å². The Hall–Kier alpha value is -2.78. The molecule has 4 aromatic rings. The van der Waals surface area contributed by atoms with Crippen molar-refractivity contribution in [1.29, 1.82) is 0 Å². The third kappa shape index (κ3) is 3.38. The molecule has 3 heterocycles. The molecule has 0 amide bonds. The number of likely N-dealkylation sites (tertiary alicyclic amines) is 1. The lowest BCUT2D eigenvalue weighted by molar-refractivity contribution is 0.231. The Balaban J connectivity index is 1.55. The molecule has 1 aliphatic rings. The molecule has 0 radical (unpaired) electrons. The van der Waals surface area contributed by atoms with Crippen molar-refractivity contribution >= 4 is 10.9 Å². The first kappa shape index (κ1) is 17.3. The Kier molecular flexibility index (Phi) is 4.76. The summed E-state index contributed by atoms with van der Waals surface area (Å²) in [5.41, 5.74) is 6.19. The third-order valence-corrected chi connectivity index (χ3v) is 5.91. The number of benzene rings is 2. The van der Waals surface area contributed by atoms with Gasteiger partial charge in [0.1, 0.15) is 5.76 Å². The van der Waals surface area contributed by atoms with Gasteiger partial charge in [-0.1, -0.05) is 42.8 Å². The van der Waals surface area contributed by atoms with Gasteiger partial charge in [0.25, 0.3) is 0 Å². The van der Waals surface area contributed by atoms with E-state index in [0.29, 0.717) is 0 Å². The zero-order valence-corrected chi connectivity index (χ0v) is 16.2. The van der Waals surface area contributed by atoms with Crippen LogP contribution in [-0.2, 0) is 6.42 Å². The van der Waals surface area contributed by atoms with Crippen LogP contribution in [0, 0.1) is 0 Å². The molecule has 0 unspecified atom stereocenters. The molecule has 0 bridgehead atoms. The molecule has 0 spiro atoms. The molecule has 1 aliphatic heterocycles. The SMILES string of the molecule is c1ccc(-c2ccc3[nH]c(-c4ccco4)c(CCN4CCCCC4)c3c2)cc1. The molecule has 0 atom stereocenters. The number of hydrogen-bond donors (Lipinski definition) is 1. The van der Waals surface area contributed by atoms with E-state index in [1.807, 2.05) is 12.1 Å². The van der Waals surface area contributed by atoms with Crippen LogP contribution in [0.5, 0.6) is 0 Å². The normalized spacial score (nSPS) is 15.3. The van der Waals surface area contributed by atoms with Gasteiger partial charge < -0.3 is 14.3 Å². The lowest BCUT2D eigenvalue weighted by Gasteiger charge is -2.26. The summed E-state index contributed by atoms with van der Waals surface area (Å²) < 4.78 is 5.75. The maximum Gasteiger partial charge on any atom is 0.150 e. The van der Waals surface area contributed by atoms with Crippen molar-refractivity contribution in [2.75, 3.05) is 19.6 Å². The Bertz CT molecular complexity index is 1040. The van der Waals surface area contributed by atoms with Crippen molar-refractivity contribution in [3.8, 4) is 22.6 Å². The molecule has 3 heteroatoms. The molecule has 1 fully saturated rings. The summed E-state index contributed by atoms with van der Waals surface area (Å²) in [4.78, 5) is 6.23. The van der Waals surface area contributed by atoms with Gasteiger partial charge in [-0.2, -0.15) is 0 Å². The summed E-state index contributed by atoms with van der Waals surface area (Å²) in [6, 6.07) is 21.4. The first-order chi connectivity index (χ1) is 13.9. The van der Waals surface area contributed by atoms with E-state index >= 15 is 0 Å². The minimum Gasteiger partial charge on any atom is -0.463 e. The van der Waals surface area contributed by atoms with Gasteiger partial charge in [0, 0.05) is 17.4 Å². The van der Waals surface area contributed by atoms with Crippen molar-refractivity contribution in [3.63, 3.8) is 0 Å². The number of nitrogens with zero attached hydrogens (tertiary/aromatic N) is 1. The quantitative estimate of drug-likeness (QED) is 0.459. The largest absolute Gasteiger partial charge is 0.463 e. The van der Waals surface area contributed by atoms with E-state index in [1.54, 1.807) is 6.26 Å². The molecule has 142 valence electrons. The Morgan fingerprint density at radius 1 is 0.857 bits per heavy atom. The molecule has 0 aliphatic carbocycles. The first-order valence-corrected chi connectivity index (χ1v) is 10.3. The second-order valence-electron chi connectivity index (χ2n) is 7.73. The van der Waals surface area contributed by atoms with Crippen LogP contribution < -0.4 is 0 Å². The second-order valence-corrected chi connectivity index (χ2v) is 7.73. The molecule has 2 aromatic heterocycles. The minimum absolute atomic E-state index is 0.922. The highest BCUT2D eigenvalue weighted by atomic mass is 16.3. The number of rotatable bonds is 5. The van der Waals surface area contributed by atoms with Crippen molar-refractivity contribution in [1.82, 2.24) is 9.88 Å². The van der Waals surface area contributed by atoms with E-state index in [-0.39, 0.29) is 0 Å². The number of nitrogens with one attached hydrogen (secondary N) is 1. The van der Waals surface area contributed by atoms with Gasteiger partial charge in [-0.3, -0.25) is 0 Å². The zero-order chi connectivity index (χ0) is 18.8. The molecule has 1 N–H and O–H groups in total. The van der Waals surface area contributed by atoms with Crippen LogP contribution in [0.3, 0.4) is 0 Å². The topological polar surface area (TPSA) is 32.2 Å². The molecule has 3 nitrogen and oxygen atoms in total. The Morgan fingerprint density at radius 2 is 1.71 bits per heavy atom. The number of piperidine rings is 1. The van der Waals surface area contributed by atoms with Crippen molar-refractivity contribution in [3.05, 3.63) is 72.5 Å². The fourth-order valence-corrected chi connectivity index (χ4v) is 4.40. The number of H-pyrrole nitrogens is 1. The molecule has 5 rings (SSSR count). The highest BCUT2D eigenvalue weighted by Crippen LogP contribution is 2.34. The van der Waals surface area contributed by atoms with Crippen LogP contribution in [0.15, 0.2) is 71.3 Å². The molecule has 1 saturated heterocycles. The van der Waals surface area contributed by atoms with Crippen molar-refractivity contribution in [2.24, 2.45) is 0 Å². The highest BCUT2D eigenvalue weighted by Gasteiger charge is 2.18. The number of hydrogen-bond acceptors (Lipinski definition) is 2. The summed E-state index contributed by atoms with van der Waals surface area (Å²) in [5, 5.41) is 1.31. The number of furan rings is 1. The number of fused-ring (bicyclic) bond motifs is 1. The summed E-state index contributed by atoms with van der Waals surface area (Å²) in [5.74, 6) is 0.922. The van der Waals surface area contributed by atoms with Crippen LogP contribution in [0.4, 0.5) is 0 Å². The van der Waals surface area contributed by atoms with Crippen molar-refractivity contribution in [2.45, 2.75) is 25.7 Å². The standard InChI is InChI=1S/C25H26N2O/c1-3-8-19(9-4-1)20-11-12-23-22(18-20)21(13-16-27-14-5-2-6-15-27)25(26-23)24-10-7-17-28-24/h1,3-4,7-12,17-18,26H,2,5-6,13-16H2. The fraction of sp³-hybridized carbons (Fsp3) is 0.280. The van der Waals surface area contributed by atoms with E-state index in [4.69, 9.17) is 4.42 Å². The predicted molar refractivity (Wildman–Crippen MR) is 115 cm³/mol. The summed E-state index contributed by atoms with van der Waals surface area (Å²) in [6.45, 7) is 3.57. The average Bonchev–Trinajstić information content (AvgIpc) is 3.41. The van der Waals surface area contributed by atoms with Gasteiger partial charge in [0.15, 0.2) is 0 Å². The second kappa shape index (κ2) is 7.69. The highest BCUT2D eigenvalue weighted by molar-refractivity contribution is 5.93. The van der Waals surface area contributed by atoms with Gasteiger partial charge in [-0.15, -0.1) is 0 Å². The summed E-state index contributed by atoms with van der Waals surface area (Å²) in [7, 11) is 0. The van der Waals surface area contributed by atoms with Crippen LogP contribution in [0.25, 0.3) is 33.5 Å². The smallest absolute Gasteiger partial charge is 0.150 e. The van der Waals surface area contributed by atoms with Gasteiger partial charge in [-0.25, -0.2) is 0 Å². The van der Waals surface area contributed by atoms with Gasteiger partial charge in [-0.05, 0) is 73.3 Å². The molecule has 2 aromatic carbocycles. The lowest BCUT2D eigenvalue weighted by atomic mass is 10.00. The van der Waals surface area contributed by atoms with Gasteiger partial charge in [0.05, 0.1) is 12.0 Å². The zero-order valence-electron chi connectivity index (χ0n) is 16.2. The Morgan fingerprint density at radius 3 is 2.50 bits per heavy atom. The minimum atomic E-state index is 0.922. The molecule has 0 saturated carbocycles. The monoisotopic (exact) mass is 370 g/mol. The molecular weight excluding hydrogens is 344 g/mol. The first-order valence-electron chi connectivity index (χ1n) is 10.3. The van der Waals surface area contributed by atoms with Gasteiger partial charge >= 0.3 is 0 Å². The predicted octanol–water partition coefficient (Wildman–Crippen LogP) is 6.12. The van der Waals surface area contributed by atoms with Gasteiger partial charge in [0.2, 0.25) is 0 Å². The van der Waals surface area contributed by atoms with E-state index in [1.165, 1.54) is 59.9 Å². The summed E-state index contributed by atoms with van der Waals surface area (Å²) in [6.07, 6.45) is 6.83. The molecule has 28 heavy (non-hydrogen) atoms. The van der Waals surface area contributed by atoms with Crippen LogP contribution in [0.1, 0.15) is 24.8 Å². The summed E-state index contributed by atoms with van der Waals surface area (Å²) >= 11 is 0. The number of aromatic nitrogens is 1. The third-order valence-electron chi connectivity index (χ3n) is 5.91. The number of aromatic amines is 1. The fourth-order valence-electron chi connectivity index (χ4n) is 4.40. The van der Waals surface area contributed by atoms with Crippen LogP contribution >= 0.6 is 0 Å². The lowest BCUT2D eigenvalue weighted by Crippen LogP contribution is -2.31. The van der Waals surface area contributed by atoms with E-state index < -0.39 is 0 Å². The Labute approximate surface area is 166 Å². The van der Waals surface area contributed by atoms with E-state index in [0.717, 1.165) is 24.4 Å².